The Hall–Kier alpha value is -2.32. The smallest absolute Gasteiger partial charge is 0.277 e. The van der Waals surface area contributed by atoms with E-state index in [1.165, 1.54) is 4.57 Å². The fraction of sp³-hybridized carbons (Fsp3) is 0.167. The summed E-state index contributed by atoms with van der Waals surface area (Å²) in [6.07, 6.45) is 4.09. The van der Waals surface area contributed by atoms with Crippen molar-refractivity contribution < 1.29 is 13.5 Å². The summed E-state index contributed by atoms with van der Waals surface area (Å²) in [7, 11) is 0. The second kappa shape index (κ2) is 7.74. The van der Waals surface area contributed by atoms with E-state index in [2.05, 4.69) is 25.9 Å². The van der Waals surface area contributed by atoms with Crippen molar-refractivity contribution in [3.8, 4) is 11.4 Å². The second-order valence-corrected chi connectivity index (χ2v) is 6.89. The van der Waals surface area contributed by atoms with E-state index in [9.17, 15) is 13.6 Å². The molecule has 0 N–H and O–H groups in total. The van der Waals surface area contributed by atoms with Crippen molar-refractivity contribution in [1.29, 1.82) is 0 Å². The van der Waals surface area contributed by atoms with Crippen LogP contribution in [-0.4, -0.2) is 14.5 Å². The number of ether oxygens (including phenoxy) is 1. The topological polar surface area (TPSA) is 57.0 Å². The molecule has 0 amide bonds. The molecule has 0 radical (unpaired) electrons. The molecule has 0 aliphatic rings. The van der Waals surface area contributed by atoms with Crippen LogP contribution < -0.4 is 10.3 Å². The molecule has 0 aliphatic heterocycles. The average Bonchev–Trinajstić information content (AvgIpc) is 2.63. The van der Waals surface area contributed by atoms with E-state index in [1.807, 2.05) is 6.92 Å². The molecule has 0 saturated carbocycles. The molecule has 0 unspecified atom stereocenters. The first-order chi connectivity index (χ1) is 12.8. The van der Waals surface area contributed by atoms with Gasteiger partial charge in [0.25, 0.3) is 5.56 Å². The van der Waals surface area contributed by atoms with Crippen molar-refractivity contribution in [3.05, 3.63) is 79.2 Å². The van der Waals surface area contributed by atoms with Crippen LogP contribution in [-0.2, 0) is 6.61 Å². The molecule has 3 aromatic rings. The number of nitrogens with zero attached hydrogens (tertiary/aromatic N) is 3. The maximum absolute atomic E-state index is 13.7. The zero-order chi connectivity index (χ0) is 19.7. The molecular formula is C18H13BrClF2N3O2. The zero-order valence-corrected chi connectivity index (χ0v) is 16.6. The van der Waals surface area contributed by atoms with Gasteiger partial charge in [0.1, 0.15) is 23.1 Å². The third-order valence-corrected chi connectivity index (χ3v) is 5.18. The molecule has 3 aromatic heterocycles. The fourth-order valence-electron chi connectivity index (χ4n) is 2.53. The Morgan fingerprint density at radius 3 is 2.70 bits per heavy atom. The quantitative estimate of drug-likeness (QED) is 0.579. The normalized spacial score (nSPS) is 10.9. The number of rotatable bonds is 4. The van der Waals surface area contributed by atoms with Gasteiger partial charge in [-0.2, -0.15) is 0 Å². The Labute approximate surface area is 166 Å². The lowest BCUT2D eigenvalue weighted by molar-refractivity contribution is 0.290. The van der Waals surface area contributed by atoms with Gasteiger partial charge in [-0.1, -0.05) is 11.6 Å². The van der Waals surface area contributed by atoms with E-state index < -0.39 is 17.2 Å². The predicted molar refractivity (Wildman–Crippen MR) is 101 cm³/mol. The van der Waals surface area contributed by atoms with Crippen molar-refractivity contribution in [2.45, 2.75) is 20.5 Å². The van der Waals surface area contributed by atoms with Crippen molar-refractivity contribution in [2.75, 3.05) is 0 Å². The van der Waals surface area contributed by atoms with Gasteiger partial charge in [-0.3, -0.25) is 19.3 Å². The standard InChI is InChI=1S/C18H13BrClF2N3O2/c1-9-6-23-4-3-14(9)25-10(2)15(19)17(16(20)18(25)26)27-8-13-12(22)5-11(21)7-24-13/h3-7H,8H2,1-2H3. The molecule has 3 heterocycles. The van der Waals surface area contributed by atoms with Crippen LogP contribution in [0.15, 0.2) is 40.0 Å². The molecule has 0 bridgehead atoms. The van der Waals surface area contributed by atoms with Gasteiger partial charge < -0.3 is 4.74 Å². The number of aromatic nitrogens is 3. The lowest BCUT2D eigenvalue weighted by Gasteiger charge is -2.18. The monoisotopic (exact) mass is 455 g/mol. The summed E-state index contributed by atoms with van der Waals surface area (Å²) in [6.45, 7) is 3.22. The van der Waals surface area contributed by atoms with E-state index in [-0.39, 0.29) is 23.1 Å². The Kier molecular flexibility index (Phi) is 5.57. The third-order valence-electron chi connectivity index (χ3n) is 3.91. The van der Waals surface area contributed by atoms with Crippen LogP contribution in [0, 0.1) is 25.5 Å². The molecule has 27 heavy (non-hydrogen) atoms. The van der Waals surface area contributed by atoms with Crippen molar-refractivity contribution >= 4 is 27.5 Å². The van der Waals surface area contributed by atoms with Gasteiger partial charge in [0.05, 0.1) is 16.4 Å². The lowest BCUT2D eigenvalue weighted by atomic mass is 10.2. The maximum Gasteiger partial charge on any atom is 0.277 e. The lowest BCUT2D eigenvalue weighted by Crippen LogP contribution is -2.23. The van der Waals surface area contributed by atoms with Crippen LogP contribution in [0.4, 0.5) is 8.78 Å². The highest BCUT2D eigenvalue weighted by Crippen LogP contribution is 2.35. The van der Waals surface area contributed by atoms with Gasteiger partial charge in [0.15, 0.2) is 11.6 Å². The summed E-state index contributed by atoms with van der Waals surface area (Å²) >= 11 is 9.61. The Morgan fingerprint density at radius 2 is 2.04 bits per heavy atom. The van der Waals surface area contributed by atoms with E-state index >= 15 is 0 Å². The third kappa shape index (κ3) is 3.72. The number of aryl methyl sites for hydroxylation is 1. The van der Waals surface area contributed by atoms with Crippen LogP contribution >= 0.6 is 27.5 Å². The summed E-state index contributed by atoms with van der Waals surface area (Å²) in [4.78, 5) is 20.5. The maximum atomic E-state index is 13.7. The van der Waals surface area contributed by atoms with Crippen LogP contribution in [0.1, 0.15) is 17.0 Å². The SMILES string of the molecule is Cc1cnccc1-n1c(C)c(Br)c(OCc2ncc(F)cc2F)c(Cl)c1=O. The fourth-order valence-corrected chi connectivity index (χ4v) is 3.37. The van der Waals surface area contributed by atoms with Gasteiger partial charge >= 0.3 is 0 Å². The van der Waals surface area contributed by atoms with Crippen molar-refractivity contribution in [2.24, 2.45) is 0 Å². The van der Waals surface area contributed by atoms with Crippen LogP contribution in [0.3, 0.4) is 0 Å². The molecule has 0 aromatic carbocycles. The van der Waals surface area contributed by atoms with E-state index in [1.54, 1.807) is 25.4 Å². The van der Waals surface area contributed by atoms with E-state index in [0.717, 1.165) is 11.8 Å². The highest BCUT2D eigenvalue weighted by atomic mass is 79.9. The molecule has 0 spiro atoms. The Balaban J connectivity index is 2.03. The molecule has 0 aliphatic carbocycles. The molecular weight excluding hydrogens is 444 g/mol. The minimum absolute atomic E-state index is 0.0626. The van der Waals surface area contributed by atoms with Gasteiger partial charge in [0.2, 0.25) is 0 Å². The van der Waals surface area contributed by atoms with E-state index in [4.69, 9.17) is 16.3 Å². The molecule has 3 rings (SSSR count). The summed E-state index contributed by atoms with van der Waals surface area (Å²) in [5.74, 6) is -1.58. The molecule has 5 nitrogen and oxygen atoms in total. The Morgan fingerprint density at radius 1 is 1.30 bits per heavy atom. The molecule has 9 heteroatoms. The highest BCUT2D eigenvalue weighted by Gasteiger charge is 2.21. The first-order valence-corrected chi connectivity index (χ1v) is 8.92. The molecule has 0 saturated heterocycles. The van der Waals surface area contributed by atoms with Gasteiger partial charge in [-0.05, 0) is 41.4 Å². The van der Waals surface area contributed by atoms with E-state index in [0.29, 0.717) is 21.9 Å². The largest absolute Gasteiger partial charge is 0.484 e. The Bertz CT molecular complexity index is 1090. The second-order valence-electron chi connectivity index (χ2n) is 5.72. The first kappa shape index (κ1) is 19.4. The molecule has 0 fully saturated rings. The number of halogens is 4. The van der Waals surface area contributed by atoms with Crippen molar-refractivity contribution in [1.82, 2.24) is 14.5 Å². The first-order valence-electron chi connectivity index (χ1n) is 7.75. The van der Waals surface area contributed by atoms with Crippen LogP contribution in [0.2, 0.25) is 5.02 Å². The predicted octanol–water partition coefficient (Wildman–Crippen LogP) is 4.52. The van der Waals surface area contributed by atoms with Crippen LogP contribution in [0.5, 0.6) is 5.75 Å². The summed E-state index contributed by atoms with van der Waals surface area (Å²) in [5.41, 5.74) is 1.37. The van der Waals surface area contributed by atoms with Gasteiger partial charge in [0, 0.05) is 24.2 Å². The molecule has 140 valence electrons. The number of pyridine rings is 3. The van der Waals surface area contributed by atoms with Gasteiger partial charge in [-0.15, -0.1) is 0 Å². The van der Waals surface area contributed by atoms with Crippen molar-refractivity contribution in [3.63, 3.8) is 0 Å². The molecule has 0 atom stereocenters. The summed E-state index contributed by atoms with van der Waals surface area (Å²) in [5, 5.41) is -0.175. The van der Waals surface area contributed by atoms with Crippen LogP contribution in [0.25, 0.3) is 5.69 Å². The number of hydrogen-bond acceptors (Lipinski definition) is 4. The summed E-state index contributed by atoms with van der Waals surface area (Å²) < 4.78 is 34.1. The zero-order valence-electron chi connectivity index (χ0n) is 14.3. The number of hydrogen-bond donors (Lipinski definition) is 0. The summed E-state index contributed by atoms with van der Waals surface area (Å²) in [6, 6.07) is 2.41. The average molecular weight is 457 g/mol. The minimum atomic E-state index is -0.847. The minimum Gasteiger partial charge on any atom is -0.484 e. The van der Waals surface area contributed by atoms with Gasteiger partial charge in [-0.25, -0.2) is 8.78 Å². The highest BCUT2D eigenvalue weighted by molar-refractivity contribution is 9.10.